The number of hydrogen-bond acceptors (Lipinski definition) is 6. The van der Waals surface area contributed by atoms with Gasteiger partial charge in [0, 0.05) is 0 Å². The summed E-state index contributed by atoms with van der Waals surface area (Å²) in [5.74, 6) is -0.416. The number of likely N-dealkylation sites (tertiary alicyclic amines) is 1. The number of Topliss-reactive ketones (excluding diaryl/α,β-unsaturated/α-hetero) is 1. The quantitative estimate of drug-likeness (QED) is 0.251. The Hall–Kier alpha value is -3.35. The Labute approximate surface area is 225 Å². The van der Waals surface area contributed by atoms with Crippen LogP contribution in [-0.4, -0.2) is 48.9 Å². The van der Waals surface area contributed by atoms with Crippen LogP contribution in [0.4, 0.5) is 0 Å². The van der Waals surface area contributed by atoms with Crippen molar-refractivity contribution < 1.29 is 28.6 Å². The Kier molecular flexibility index (Phi) is 8.14. The molecule has 1 aliphatic carbocycles. The van der Waals surface area contributed by atoms with Gasteiger partial charge in [0.25, 0.3) is 0 Å². The standard InChI is InChI=1S/C31H39NO6/c1-19(2)31(4)17-7-8-25(18-31)38-30(35)28-26(20(3)33)29(34)32(28)27(21-9-13-23(36-5)14-10-21)22-11-15-24(37-6)16-12-22/h9-16,19,25-28H,7-8,17-18H2,1-6H3/t25?,26-,28+,31?/m1/s1. The average molecular weight is 522 g/mol. The summed E-state index contributed by atoms with van der Waals surface area (Å²) in [5, 5.41) is 0. The number of ether oxygens (including phenoxy) is 3. The summed E-state index contributed by atoms with van der Waals surface area (Å²) in [4.78, 5) is 41.3. The third kappa shape index (κ3) is 5.29. The predicted molar refractivity (Wildman–Crippen MR) is 144 cm³/mol. The third-order valence-corrected chi connectivity index (χ3v) is 8.60. The minimum Gasteiger partial charge on any atom is -0.497 e. The molecule has 1 amide bonds. The molecule has 2 aliphatic rings. The minimum absolute atomic E-state index is 0.0903. The molecule has 0 radical (unpaired) electrons. The number of amides is 1. The molecule has 0 bridgehead atoms. The molecule has 204 valence electrons. The lowest BCUT2D eigenvalue weighted by Gasteiger charge is -2.49. The number of methoxy groups -OCH3 is 2. The second kappa shape index (κ2) is 11.2. The molecular weight excluding hydrogens is 482 g/mol. The zero-order valence-corrected chi connectivity index (χ0v) is 23.2. The van der Waals surface area contributed by atoms with E-state index < -0.39 is 24.0 Å². The van der Waals surface area contributed by atoms with Crippen LogP contribution in [0.25, 0.3) is 0 Å². The van der Waals surface area contributed by atoms with E-state index in [1.807, 2.05) is 48.5 Å². The number of carbonyl (C=O) groups is 3. The van der Waals surface area contributed by atoms with Crippen molar-refractivity contribution in [3.63, 3.8) is 0 Å². The molecule has 2 aromatic rings. The van der Waals surface area contributed by atoms with Gasteiger partial charge in [0.1, 0.15) is 35.3 Å². The Morgan fingerprint density at radius 3 is 1.92 bits per heavy atom. The zero-order valence-electron chi connectivity index (χ0n) is 23.2. The summed E-state index contributed by atoms with van der Waals surface area (Å²) in [5.41, 5.74) is 1.69. The molecule has 0 spiro atoms. The molecule has 2 fully saturated rings. The fourth-order valence-corrected chi connectivity index (χ4v) is 5.85. The zero-order chi connectivity index (χ0) is 27.6. The third-order valence-electron chi connectivity index (χ3n) is 8.60. The first-order valence-corrected chi connectivity index (χ1v) is 13.4. The number of ketones is 1. The van der Waals surface area contributed by atoms with E-state index in [1.54, 1.807) is 14.2 Å². The molecule has 2 aromatic carbocycles. The van der Waals surface area contributed by atoms with Crippen molar-refractivity contribution >= 4 is 17.7 Å². The van der Waals surface area contributed by atoms with E-state index in [-0.39, 0.29) is 23.2 Å². The molecule has 7 heteroatoms. The van der Waals surface area contributed by atoms with Gasteiger partial charge in [-0.3, -0.25) is 9.59 Å². The summed E-state index contributed by atoms with van der Waals surface area (Å²) in [7, 11) is 3.18. The second-order valence-corrected chi connectivity index (χ2v) is 11.2. The van der Waals surface area contributed by atoms with Gasteiger partial charge in [-0.15, -0.1) is 0 Å². The SMILES string of the molecule is COc1ccc(C(c2ccc(OC)cc2)N2C(=O)[C@H](C(C)=O)[C@H]2C(=O)OC2CCCC(C)(C(C)C)C2)cc1. The van der Waals surface area contributed by atoms with Crippen LogP contribution in [-0.2, 0) is 19.1 Å². The van der Waals surface area contributed by atoms with Crippen molar-refractivity contribution in [2.45, 2.75) is 71.6 Å². The maximum absolute atomic E-state index is 13.7. The van der Waals surface area contributed by atoms with Gasteiger partial charge >= 0.3 is 5.97 Å². The molecule has 0 N–H and O–H groups in total. The summed E-state index contributed by atoms with van der Waals surface area (Å²) >= 11 is 0. The summed E-state index contributed by atoms with van der Waals surface area (Å²) in [6, 6.07) is 13.2. The molecule has 38 heavy (non-hydrogen) atoms. The van der Waals surface area contributed by atoms with Crippen molar-refractivity contribution in [1.82, 2.24) is 4.90 Å². The van der Waals surface area contributed by atoms with Gasteiger partial charge in [0.2, 0.25) is 5.91 Å². The highest BCUT2D eigenvalue weighted by Crippen LogP contribution is 2.45. The normalized spacial score (nSPS) is 25.2. The van der Waals surface area contributed by atoms with E-state index >= 15 is 0 Å². The summed E-state index contributed by atoms with van der Waals surface area (Å²) in [6.07, 6.45) is 3.42. The lowest BCUT2D eigenvalue weighted by Crippen LogP contribution is -2.67. The number of esters is 1. The number of benzene rings is 2. The Morgan fingerprint density at radius 1 is 0.947 bits per heavy atom. The summed E-state index contributed by atoms with van der Waals surface area (Å²) < 4.78 is 16.7. The van der Waals surface area contributed by atoms with Gasteiger partial charge < -0.3 is 19.1 Å². The molecule has 2 unspecified atom stereocenters. The van der Waals surface area contributed by atoms with Gasteiger partial charge in [0.05, 0.1) is 20.3 Å². The topological polar surface area (TPSA) is 82.1 Å². The number of rotatable bonds is 9. The lowest BCUT2D eigenvalue weighted by atomic mass is 9.67. The van der Waals surface area contributed by atoms with E-state index in [0.717, 1.165) is 36.8 Å². The van der Waals surface area contributed by atoms with Gasteiger partial charge in [-0.2, -0.15) is 0 Å². The fraction of sp³-hybridized carbons (Fsp3) is 0.516. The molecule has 4 rings (SSSR count). The fourth-order valence-electron chi connectivity index (χ4n) is 5.85. The van der Waals surface area contributed by atoms with Gasteiger partial charge in [-0.05, 0) is 79.3 Å². The first kappa shape index (κ1) is 27.7. The molecule has 1 aliphatic heterocycles. The van der Waals surface area contributed by atoms with Crippen molar-refractivity contribution in [1.29, 1.82) is 0 Å². The molecule has 0 aromatic heterocycles. The van der Waals surface area contributed by atoms with Gasteiger partial charge in [-0.1, -0.05) is 45.0 Å². The number of carbonyl (C=O) groups excluding carboxylic acids is 3. The van der Waals surface area contributed by atoms with E-state index in [2.05, 4.69) is 20.8 Å². The van der Waals surface area contributed by atoms with Crippen LogP contribution in [0, 0.1) is 17.3 Å². The number of nitrogens with zero attached hydrogens (tertiary/aromatic N) is 1. The van der Waals surface area contributed by atoms with E-state index in [4.69, 9.17) is 14.2 Å². The van der Waals surface area contributed by atoms with Crippen molar-refractivity contribution in [3.05, 3.63) is 59.7 Å². The van der Waals surface area contributed by atoms with Crippen LogP contribution in [0.2, 0.25) is 0 Å². The van der Waals surface area contributed by atoms with Gasteiger partial charge in [-0.25, -0.2) is 4.79 Å². The average Bonchev–Trinajstić information content (AvgIpc) is 2.89. The molecule has 7 nitrogen and oxygen atoms in total. The predicted octanol–water partition coefficient (Wildman–Crippen LogP) is 5.36. The van der Waals surface area contributed by atoms with Crippen molar-refractivity contribution in [3.8, 4) is 11.5 Å². The van der Waals surface area contributed by atoms with Crippen LogP contribution in [0.15, 0.2) is 48.5 Å². The molecular formula is C31H39NO6. The first-order valence-electron chi connectivity index (χ1n) is 13.4. The van der Waals surface area contributed by atoms with E-state index in [0.29, 0.717) is 17.4 Å². The Bertz CT molecular complexity index is 1110. The van der Waals surface area contributed by atoms with E-state index in [9.17, 15) is 14.4 Å². The molecule has 1 saturated heterocycles. The summed E-state index contributed by atoms with van der Waals surface area (Å²) in [6.45, 7) is 8.03. The maximum Gasteiger partial charge on any atom is 0.330 e. The minimum atomic E-state index is -1.04. The smallest absolute Gasteiger partial charge is 0.330 e. The van der Waals surface area contributed by atoms with Crippen LogP contribution in [0.5, 0.6) is 11.5 Å². The highest BCUT2D eigenvalue weighted by atomic mass is 16.5. The number of hydrogen-bond donors (Lipinski definition) is 0. The van der Waals surface area contributed by atoms with Gasteiger partial charge in [0.15, 0.2) is 0 Å². The van der Waals surface area contributed by atoms with Crippen molar-refractivity contribution in [2.24, 2.45) is 17.3 Å². The van der Waals surface area contributed by atoms with Crippen LogP contribution in [0.1, 0.15) is 70.5 Å². The number of β-lactam (4-membered cyclic amide) rings is 1. The lowest BCUT2D eigenvalue weighted by molar-refractivity contribution is -0.184. The second-order valence-electron chi connectivity index (χ2n) is 11.2. The van der Waals surface area contributed by atoms with Crippen molar-refractivity contribution in [2.75, 3.05) is 14.2 Å². The van der Waals surface area contributed by atoms with Crippen LogP contribution < -0.4 is 9.47 Å². The monoisotopic (exact) mass is 521 g/mol. The van der Waals surface area contributed by atoms with Crippen LogP contribution >= 0.6 is 0 Å². The Morgan fingerprint density at radius 2 is 1.47 bits per heavy atom. The maximum atomic E-state index is 13.7. The molecule has 1 heterocycles. The highest BCUT2D eigenvalue weighted by Gasteiger charge is 2.58. The van der Waals surface area contributed by atoms with Crippen LogP contribution in [0.3, 0.4) is 0 Å². The van der Waals surface area contributed by atoms with E-state index in [1.165, 1.54) is 11.8 Å². The first-order chi connectivity index (χ1) is 18.1. The largest absolute Gasteiger partial charge is 0.497 e. The molecule has 1 saturated carbocycles. The Balaban J connectivity index is 1.68. The highest BCUT2D eigenvalue weighted by molar-refractivity contribution is 6.11. The molecule has 4 atom stereocenters.